The monoisotopic (exact) mass is 248 g/mol. The molecule has 96 valence electrons. The summed E-state index contributed by atoms with van der Waals surface area (Å²) in [5, 5.41) is 4.02. The minimum absolute atomic E-state index is 0.0514. The standard InChI is InChI=1S/C12H16N4O2/c1-8(2)17-9-5-4-6-10(11(9)13)18-12-14-7-16(3)15-12/h4-8H,13H2,1-3H3. The van der Waals surface area contributed by atoms with Crippen LogP contribution >= 0.6 is 0 Å². The number of rotatable bonds is 4. The van der Waals surface area contributed by atoms with Gasteiger partial charge in [0.05, 0.1) is 6.10 Å². The first-order valence-electron chi connectivity index (χ1n) is 5.65. The van der Waals surface area contributed by atoms with Crippen molar-refractivity contribution in [2.75, 3.05) is 5.73 Å². The highest BCUT2D eigenvalue weighted by atomic mass is 16.5. The molecule has 0 aliphatic rings. The van der Waals surface area contributed by atoms with Crippen LogP contribution in [0.1, 0.15) is 13.8 Å². The van der Waals surface area contributed by atoms with Crippen LogP contribution in [0, 0.1) is 0 Å². The predicted octanol–water partition coefficient (Wildman–Crippen LogP) is 1.98. The first-order chi connectivity index (χ1) is 8.56. The molecule has 0 saturated carbocycles. The van der Waals surface area contributed by atoms with Crippen molar-refractivity contribution in [2.24, 2.45) is 7.05 Å². The molecule has 0 aliphatic heterocycles. The second-order valence-electron chi connectivity index (χ2n) is 4.14. The largest absolute Gasteiger partial charge is 0.489 e. The van der Waals surface area contributed by atoms with Crippen LogP contribution in [0.3, 0.4) is 0 Å². The van der Waals surface area contributed by atoms with Gasteiger partial charge in [0.15, 0.2) is 5.75 Å². The van der Waals surface area contributed by atoms with Crippen LogP contribution in [0.2, 0.25) is 0 Å². The van der Waals surface area contributed by atoms with Gasteiger partial charge in [-0.1, -0.05) is 6.07 Å². The van der Waals surface area contributed by atoms with E-state index in [1.54, 1.807) is 30.2 Å². The second-order valence-corrected chi connectivity index (χ2v) is 4.14. The molecular weight excluding hydrogens is 232 g/mol. The number of anilines is 1. The Morgan fingerprint density at radius 1 is 1.28 bits per heavy atom. The molecule has 0 atom stereocenters. The molecule has 0 radical (unpaired) electrons. The van der Waals surface area contributed by atoms with Crippen LogP contribution in [-0.4, -0.2) is 20.9 Å². The molecule has 0 saturated heterocycles. The Morgan fingerprint density at radius 2 is 2.00 bits per heavy atom. The van der Waals surface area contributed by atoms with E-state index in [9.17, 15) is 0 Å². The topological polar surface area (TPSA) is 75.2 Å². The summed E-state index contributed by atoms with van der Waals surface area (Å²) < 4.78 is 12.6. The lowest BCUT2D eigenvalue weighted by Gasteiger charge is -2.13. The number of nitrogen functional groups attached to an aromatic ring is 1. The van der Waals surface area contributed by atoms with Crippen molar-refractivity contribution in [1.29, 1.82) is 0 Å². The van der Waals surface area contributed by atoms with Gasteiger partial charge in [-0.15, -0.1) is 5.10 Å². The van der Waals surface area contributed by atoms with Gasteiger partial charge in [-0.25, -0.2) is 0 Å². The summed E-state index contributed by atoms with van der Waals surface area (Å²) >= 11 is 0. The van der Waals surface area contributed by atoms with Gasteiger partial charge >= 0.3 is 6.01 Å². The Bertz CT molecular complexity index is 537. The van der Waals surface area contributed by atoms with Crippen LogP contribution in [0.4, 0.5) is 5.69 Å². The van der Waals surface area contributed by atoms with Crippen molar-refractivity contribution in [3.8, 4) is 17.5 Å². The smallest absolute Gasteiger partial charge is 0.341 e. The van der Waals surface area contributed by atoms with Crippen molar-refractivity contribution in [3.05, 3.63) is 24.5 Å². The van der Waals surface area contributed by atoms with Gasteiger partial charge in [-0.3, -0.25) is 4.68 Å². The van der Waals surface area contributed by atoms with E-state index in [1.165, 1.54) is 0 Å². The molecular formula is C12H16N4O2. The summed E-state index contributed by atoms with van der Waals surface area (Å²) in [7, 11) is 1.77. The van der Waals surface area contributed by atoms with E-state index in [2.05, 4.69) is 10.1 Å². The zero-order chi connectivity index (χ0) is 13.1. The first kappa shape index (κ1) is 12.2. The van der Waals surface area contributed by atoms with E-state index in [0.29, 0.717) is 17.2 Å². The molecule has 0 spiro atoms. The third-order valence-corrected chi connectivity index (χ3v) is 2.17. The Kier molecular flexibility index (Phi) is 3.36. The van der Waals surface area contributed by atoms with Gasteiger partial charge in [-0.05, 0) is 26.0 Å². The molecule has 0 amide bonds. The molecule has 0 bridgehead atoms. The first-order valence-corrected chi connectivity index (χ1v) is 5.65. The van der Waals surface area contributed by atoms with Crippen molar-refractivity contribution >= 4 is 5.69 Å². The van der Waals surface area contributed by atoms with Crippen molar-refractivity contribution < 1.29 is 9.47 Å². The van der Waals surface area contributed by atoms with Gasteiger partial charge in [-0.2, -0.15) is 4.98 Å². The van der Waals surface area contributed by atoms with Crippen molar-refractivity contribution in [2.45, 2.75) is 20.0 Å². The number of benzene rings is 1. The molecule has 1 aromatic heterocycles. The fourth-order valence-corrected chi connectivity index (χ4v) is 1.43. The molecule has 2 aromatic rings. The normalized spacial score (nSPS) is 10.7. The summed E-state index contributed by atoms with van der Waals surface area (Å²) in [6, 6.07) is 5.62. The number of nitrogens with zero attached hydrogens (tertiary/aromatic N) is 3. The van der Waals surface area contributed by atoms with Gasteiger partial charge in [0.2, 0.25) is 0 Å². The van der Waals surface area contributed by atoms with Gasteiger partial charge in [0.25, 0.3) is 0 Å². The van der Waals surface area contributed by atoms with E-state index in [1.807, 2.05) is 19.9 Å². The maximum atomic E-state index is 5.97. The Hall–Kier alpha value is -2.24. The summed E-state index contributed by atoms with van der Waals surface area (Å²) in [6.07, 6.45) is 1.61. The van der Waals surface area contributed by atoms with Crippen molar-refractivity contribution in [3.63, 3.8) is 0 Å². The van der Waals surface area contributed by atoms with Crippen LogP contribution in [0.5, 0.6) is 17.5 Å². The van der Waals surface area contributed by atoms with Gasteiger partial charge < -0.3 is 15.2 Å². The number of aryl methyl sites for hydroxylation is 1. The summed E-state index contributed by atoms with van der Waals surface area (Å²) in [4.78, 5) is 3.98. The van der Waals surface area contributed by atoms with Crippen LogP contribution in [0.15, 0.2) is 24.5 Å². The van der Waals surface area contributed by atoms with E-state index in [4.69, 9.17) is 15.2 Å². The predicted molar refractivity (Wildman–Crippen MR) is 67.7 cm³/mol. The molecule has 0 aliphatic carbocycles. The number of para-hydroxylation sites is 1. The molecule has 6 nitrogen and oxygen atoms in total. The van der Waals surface area contributed by atoms with E-state index in [0.717, 1.165) is 0 Å². The number of hydrogen-bond donors (Lipinski definition) is 1. The fourth-order valence-electron chi connectivity index (χ4n) is 1.43. The lowest BCUT2D eigenvalue weighted by molar-refractivity contribution is 0.243. The van der Waals surface area contributed by atoms with Gasteiger partial charge in [0, 0.05) is 7.05 Å². The van der Waals surface area contributed by atoms with E-state index in [-0.39, 0.29) is 12.1 Å². The summed E-state index contributed by atoms with van der Waals surface area (Å²) in [5.74, 6) is 1.08. The zero-order valence-corrected chi connectivity index (χ0v) is 10.6. The lowest BCUT2D eigenvalue weighted by Crippen LogP contribution is -2.07. The average molecular weight is 248 g/mol. The quantitative estimate of drug-likeness (QED) is 0.837. The minimum Gasteiger partial charge on any atom is -0.489 e. The van der Waals surface area contributed by atoms with Crippen LogP contribution < -0.4 is 15.2 Å². The second kappa shape index (κ2) is 4.95. The minimum atomic E-state index is 0.0514. The third-order valence-electron chi connectivity index (χ3n) is 2.17. The molecule has 1 aromatic carbocycles. The number of hydrogen-bond acceptors (Lipinski definition) is 5. The highest BCUT2D eigenvalue weighted by molar-refractivity contribution is 5.63. The lowest BCUT2D eigenvalue weighted by atomic mass is 10.2. The van der Waals surface area contributed by atoms with Crippen LogP contribution in [-0.2, 0) is 7.05 Å². The molecule has 2 rings (SSSR count). The maximum absolute atomic E-state index is 5.97. The number of ether oxygens (including phenoxy) is 2. The molecule has 18 heavy (non-hydrogen) atoms. The van der Waals surface area contributed by atoms with Gasteiger partial charge in [0.1, 0.15) is 17.8 Å². The summed E-state index contributed by atoms with van der Waals surface area (Å²) in [6.45, 7) is 3.88. The summed E-state index contributed by atoms with van der Waals surface area (Å²) in [5.41, 5.74) is 6.42. The maximum Gasteiger partial charge on any atom is 0.341 e. The van der Waals surface area contributed by atoms with Crippen LogP contribution in [0.25, 0.3) is 0 Å². The highest BCUT2D eigenvalue weighted by Crippen LogP contribution is 2.33. The van der Waals surface area contributed by atoms with E-state index < -0.39 is 0 Å². The molecule has 0 fully saturated rings. The third kappa shape index (κ3) is 2.71. The molecule has 2 N–H and O–H groups in total. The fraction of sp³-hybridized carbons (Fsp3) is 0.333. The van der Waals surface area contributed by atoms with E-state index >= 15 is 0 Å². The average Bonchev–Trinajstić information content (AvgIpc) is 2.69. The zero-order valence-electron chi connectivity index (χ0n) is 10.6. The Balaban J connectivity index is 2.23. The molecule has 1 heterocycles. The Morgan fingerprint density at radius 3 is 2.61 bits per heavy atom. The SMILES string of the molecule is CC(C)Oc1cccc(Oc2ncn(C)n2)c1N. The molecule has 6 heteroatoms. The number of aromatic nitrogens is 3. The highest BCUT2D eigenvalue weighted by Gasteiger charge is 2.11. The van der Waals surface area contributed by atoms with Crippen molar-refractivity contribution in [1.82, 2.24) is 14.8 Å². The number of nitrogens with two attached hydrogens (primary N) is 1. The Labute approximate surface area is 105 Å². The molecule has 0 unspecified atom stereocenters.